The highest BCUT2D eigenvalue weighted by Gasteiger charge is 2.21. The smallest absolute Gasteiger partial charge is 0.123 e. The highest BCUT2D eigenvalue weighted by atomic mass is 19.1. The highest BCUT2D eigenvalue weighted by Crippen LogP contribution is 2.19. The molecule has 1 heterocycles. The van der Waals surface area contributed by atoms with Crippen molar-refractivity contribution in [1.29, 1.82) is 0 Å². The van der Waals surface area contributed by atoms with Crippen LogP contribution in [0.4, 0.5) is 4.39 Å². The van der Waals surface area contributed by atoms with E-state index in [-0.39, 0.29) is 5.82 Å². The Morgan fingerprint density at radius 1 is 1.30 bits per heavy atom. The molecule has 0 spiro atoms. The van der Waals surface area contributed by atoms with Gasteiger partial charge in [0.1, 0.15) is 18.2 Å². The lowest BCUT2D eigenvalue weighted by Gasteiger charge is -2.35. The predicted molar refractivity (Wildman–Crippen MR) is 79.7 cm³/mol. The maximum Gasteiger partial charge on any atom is 0.123 e. The van der Waals surface area contributed by atoms with E-state index in [0.29, 0.717) is 12.6 Å². The number of halogens is 1. The molecule has 1 aliphatic heterocycles. The van der Waals surface area contributed by atoms with E-state index in [0.717, 1.165) is 18.8 Å². The molecule has 1 aromatic rings. The number of rotatable bonds is 7. The van der Waals surface area contributed by atoms with Gasteiger partial charge in [-0.25, -0.2) is 4.39 Å². The maximum absolute atomic E-state index is 12.8. The summed E-state index contributed by atoms with van der Waals surface area (Å²) in [4.78, 5) is 2.53. The summed E-state index contributed by atoms with van der Waals surface area (Å²) in [6, 6.07) is 6.92. The van der Waals surface area contributed by atoms with Crippen molar-refractivity contribution >= 4 is 0 Å². The molecular weight excluding hydrogens is 255 g/mol. The van der Waals surface area contributed by atoms with Gasteiger partial charge in [-0.3, -0.25) is 4.90 Å². The lowest BCUT2D eigenvalue weighted by molar-refractivity contribution is 0.117. The standard InChI is InChI=1S/C16H25FN2O/c1-18-10-9-15-4-2-3-11-19(15)12-13-20-16-7-5-14(17)6-8-16/h5-8,15,18H,2-4,9-13H2,1H3. The normalized spacial score (nSPS) is 20.0. The lowest BCUT2D eigenvalue weighted by Crippen LogP contribution is -2.42. The molecule has 2 rings (SSSR count). The van der Waals surface area contributed by atoms with E-state index >= 15 is 0 Å². The summed E-state index contributed by atoms with van der Waals surface area (Å²) < 4.78 is 18.5. The molecule has 1 atom stereocenters. The second kappa shape index (κ2) is 8.22. The van der Waals surface area contributed by atoms with Crippen molar-refractivity contribution in [2.24, 2.45) is 0 Å². The molecule has 0 radical (unpaired) electrons. The van der Waals surface area contributed by atoms with Crippen LogP contribution in [0.3, 0.4) is 0 Å². The van der Waals surface area contributed by atoms with Gasteiger partial charge >= 0.3 is 0 Å². The molecule has 0 bridgehead atoms. The number of hydrogen-bond donors (Lipinski definition) is 1. The van der Waals surface area contributed by atoms with Crippen LogP contribution in [0.25, 0.3) is 0 Å². The van der Waals surface area contributed by atoms with Gasteiger partial charge < -0.3 is 10.1 Å². The average Bonchev–Trinajstić information content (AvgIpc) is 2.48. The van der Waals surface area contributed by atoms with Crippen LogP contribution in [0, 0.1) is 5.82 Å². The first-order valence-electron chi connectivity index (χ1n) is 7.56. The first-order valence-corrected chi connectivity index (χ1v) is 7.56. The number of hydrogen-bond acceptors (Lipinski definition) is 3. The second-order valence-electron chi connectivity index (χ2n) is 5.38. The first-order chi connectivity index (χ1) is 9.79. The van der Waals surface area contributed by atoms with Crippen molar-refractivity contribution < 1.29 is 9.13 Å². The number of benzene rings is 1. The summed E-state index contributed by atoms with van der Waals surface area (Å²) in [6.45, 7) is 3.86. The van der Waals surface area contributed by atoms with E-state index in [9.17, 15) is 4.39 Å². The number of likely N-dealkylation sites (tertiary alicyclic amines) is 1. The zero-order valence-corrected chi connectivity index (χ0v) is 12.3. The molecule has 1 unspecified atom stereocenters. The molecule has 0 aromatic heterocycles. The van der Waals surface area contributed by atoms with Crippen molar-refractivity contribution in [2.45, 2.75) is 31.7 Å². The van der Waals surface area contributed by atoms with Gasteiger partial charge in [-0.15, -0.1) is 0 Å². The third-order valence-electron chi connectivity index (χ3n) is 3.94. The van der Waals surface area contributed by atoms with Gasteiger partial charge in [0.25, 0.3) is 0 Å². The van der Waals surface area contributed by atoms with E-state index in [1.807, 2.05) is 7.05 Å². The van der Waals surface area contributed by atoms with E-state index < -0.39 is 0 Å². The summed E-state index contributed by atoms with van der Waals surface area (Å²) in [7, 11) is 2.00. The minimum atomic E-state index is -0.222. The van der Waals surface area contributed by atoms with Crippen LogP contribution in [-0.4, -0.2) is 44.2 Å². The summed E-state index contributed by atoms with van der Waals surface area (Å²) >= 11 is 0. The van der Waals surface area contributed by atoms with Crippen molar-refractivity contribution in [3.63, 3.8) is 0 Å². The predicted octanol–water partition coefficient (Wildman–Crippen LogP) is 2.67. The number of nitrogens with one attached hydrogen (secondary N) is 1. The van der Waals surface area contributed by atoms with Gasteiger partial charge in [0.05, 0.1) is 0 Å². The molecule has 3 nitrogen and oxygen atoms in total. The topological polar surface area (TPSA) is 24.5 Å². The third kappa shape index (κ3) is 4.76. The zero-order chi connectivity index (χ0) is 14.2. The quantitative estimate of drug-likeness (QED) is 0.831. The Hall–Kier alpha value is -1.13. The molecule has 0 amide bonds. The summed E-state index contributed by atoms with van der Waals surface area (Å²) in [5.41, 5.74) is 0. The van der Waals surface area contributed by atoms with Crippen LogP contribution in [0.2, 0.25) is 0 Å². The molecule has 4 heteroatoms. The monoisotopic (exact) mass is 280 g/mol. The molecule has 1 fully saturated rings. The number of ether oxygens (including phenoxy) is 1. The Kier molecular flexibility index (Phi) is 6.27. The first kappa shape index (κ1) is 15.3. The summed E-state index contributed by atoms with van der Waals surface area (Å²) in [5, 5.41) is 3.23. The van der Waals surface area contributed by atoms with E-state index in [1.165, 1.54) is 44.4 Å². The van der Waals surface area contributed by atoms with Gasteiger partial charge in [0, 0.05) is 12.6 Å². The summed E-state index contributed by atoms with van der Waals surface area (Å²) in [5.74, 6) is 0.524. The van der Waals surface area contributed by atoms with Gasteiger partial charge in [0.2, 0.25) is 0 Å². The molecule has 0 saturated carbocycles. The van der Waals surface area contributed by atoms with Crippen LogP contribution in [-0.2, 0) is 0 Å². The lowest BCUT2D eigenvalue weighted by atomic mass is 9.99. The minimum absolute atomic E-state index is 0.222. The minimum Gasteiger partial charge on any atom is -0.492 e. The maximum atomic E-state index is 12.8. The molecule has 1 saturated heterocycles. The molecule has 0 aliphatic carbocycles. The molecule has 1 aromatic carbocycles. The Bertz CT molecular complexity index is 383. The molecule has 1 aliphatic rings. The highest BCUT2D eigenvalue weighted by molar-refractivity contribution is 5.21. The van der Waals surface area contributed by atoms with Crippen LogP contribution in [0.5, 0.6) is 5.75 Å². The fourth-order valence-corrected chi connectivity index (χ4v) is 2.80. The van der Waals surface area contributed by atoms with Gasteiger partial charge in [-0.2, -0.15) is 0 Å². The molecular formula is C16H25FN2O. The Morgan fingerprint density at radius 3 is 2.85 bits per heavy atom. The van der Waals surface area contributed by atoms with Crippen molar-refractivity contribution in [1.82, 2.24) is 10.2 Å². The van der Waals surface area contributed by atoms with E-state index in [4.69, 9.17) is 4.74 Å². The Balaban J connectivity index is 1.74. The third-order valence-corrected chi connectivity index (χ3v) is 3.94. The van der Waals surface area contributed by atoms with E-state index in [1.54, 1.807) is 12.1 Å². The fraction of sp³-hybridized carbons (Fsp3) is 0.625. The largest absolute Gasteiger partial charge is 0.492 e. The SMILES string of the molecule is CNCCC1CCCCN1CCOc1ccc(F)cc1. The zero-order valence-electron chi connectivity index (χ0n) is 12.3. The van der Waals surface area contributed by atoms with Crippen LogP contribution < -0.4 is 10.1 Å². The van der Waals surface area contributed by atoms with Crippen molar-refractivity contribution in [3.05, 3.63) is 30.1 Å². The van der Waals surface area contributed by atoms with Crippen molar-refractivity contribution in [3.8, 4) is 5.75 Å². The van der Waals surface area contributed by atoms with Gasteiger partial charge in [0.15, 0.2) is 0 Å². The Labute approximate surface area is 121 Å². The average molecular weight is 280 g/mol. The van der Waals surface area contributed by atoms with Crippen LogP contribution >= 0.6 is 0 Å². The van der Waals surface area contributed by atoms with E-state index in [2.05, 4.69) is 10.2 Å². The van der Waals surface area contributed by atoms with Gasteiger partial charge in [-0.1, -0.05) is 6.42 Å². The van der Waals surface area contributed by atoms with Crippen LogP contribution in [0.1, 0.15) is 25.7 Å². The second-order valence-corrected chi connectivity index (χ2v) is 5.38. The Morgan fingerprint density at radius 2 is 2.10 bits per heavy atom. The fourth-order valence-electron chi connectivity index (χ4n) is 2.80. The van der Waals surface area contributed by atoms with Gasteiger partial charge in [-0.05, 0) is 63.7 Å². The molecule has 20 heavy (non-hydrogen) atoms. The number of nitrogens with zero attached hydrogens (tertiary/aromatic N) is 1. The molecule has 112 valence electrons. The molecule has 1 N–H and O–H groups in total. The van der Waals surface area contributed by atoms with Crippen molar-refractivity contribution in [2.75, 3.05) is 33.3 Å². The number of piperidine rings is 1. The van der Waals surface area contributed by atoms with Crippen LogP contribution in [0.15, 0.2) is 24.3 Å². The summed E-state index contributed by atoms with van der Waals surface area (Å²) in [6.07, 6.45) is 5.11.